The lowest BCUT2D eigenvalue weighted by atomic mass is 10.0. The number of nitrogens with two attached hydrogens (primary N) is 2. The Balaban J connectivity index is 0.000000713. The Morgan fingerprint density at radius 3 is 2.28 bits per heavy atom. The van der Waals surface area contributed by atoms with E-state index in [1.807, 2.05) is 70.3 Å². The second-order valence-corrected chi connectivity index (χ2v) is 14.5. The third kappa shape index (κ3) is 18.9. The summed E-state index contributed by atoms with van der Waals surface area (Å²) in [6.45, 7) is 28.4. The van der Waals surface area contributed by atoms with Gasteiger partial charge in [-0.2, -0.15) is 5.10 Å². The van der Waals surface area contributed by atoms with E-state index in [0.29, 0.717) is 17.5 Å². The molecule has 0 amide bonds. The number of amidine groups is 1. The van der Waals surface area contributed by atoms with Crippen molar-refractivity contribution in [3.05, 3.63) is 83.8 Å². The maximum Gasteiger partial charge on any atom is 0.158 e. The molecule has 4 N–H and O–H groups in total. The van der Waals surface area contributed by atoms with E-state index in [1.165, 1.54) is 38.4 Å². The van der Waals surface area contributed by atoms with Gasteiger partial charge < -0.3 is 25.8 Å². The second-order valence-electron chi connectivity index (χ2n) is 14.5. The van der Waals surface area contributed by atoms with E-state index in [0.717, 1.165) is 90.2 Å². The van der Waals surface area contributed by atoms with Gasteiger partial charge in [0.15, 0.2) is 11.4 Å². The molecule has 2 aromatic heterocycles. The molecule has 0 bridgehead atoms. The molecule has 0 aliphatic carbocycles. The lowest BCUT2D eigenvalue weighted by molar-refractivity contribution is -0.112. The number of ether oxygens (including phenoxy) is 2. The van der Waals surface area contributed by atoms with Gasteiger partial charge in [0.2, 0.25) is 0 Å². The Hall–Kier alpha value is -4.70. The molecular weight excluding hydrogens is 711 g/mol. The molecule has 4 aromatic rings. The molecule has 0 saturated carbocycles. The largest absolute Gasteiger partial charge is 0.491 e. The number of aromatic nitrogens is 3. The summed E-state index contributed by atoms with van der Waals surface area (Å²) in [7, 11) is 0. The number of ketones is 1. The fourth-order valence-electron chi connectivity index (χ4n) is 5.32. The van der Waals surface area contributed by atoms with Crippen molar-refractivity contribution in [1.29, 1.82) is 0 Å². The van der Waals surface area contributed by atoms with Crippen LogP contribution in [-0.2, 0) is 4.79 Å². The van der Waals surface area contributed by atoms with Crippen LogP contribution in [0.2, 0.25) is 0 Å². The molecule has 10 heteroatoms. The number of hydrogen-bond acceptors (Lipinski definition) is 8. The van der Waals surface area contributed by atoms with Crippen molar-refractivity contribution in [3.8, 4) is 17.2 Å². The molecule has 0 fully saturated rings. The van der Waals surface area contributed by atoms with E-state index in [2.05, 4.69) is 75.6 Å². The SMILES string of the molecule is CC.CC/C=C/C(C)=O.CCC(C)C.CCCCCN1CC(C)COc2cc(C)c(C(N)=Nc3ccc(Oc4ccn5ncnc5c4)c(C)c3)cc21.CCCCN. The van der Waals surface area contributed by atoms with Gasteiger partial charge >= 0.3 is 0 Å². The van der Waals surface area contributed by atoms with Crippen LogP contribution < -0.4 is 25.8 Å². The predicted octanol–water partition coefficient (Wildman–Crippen LogP) is 11.6. The number of rotatable bonds is 13. The highest BCUT2D eigenvalue weighted by Gasteiger charge is 2.22. The lowest BCUT2D eigenvalue weighted by Crippen LogP contribution is -2.29. The number of aliphatic imine (C=N–C) groups is 1. The van der Waals surface area contributed by atoms with Crippen LogP contribution in [0.15, 0.2) is 72.1 Å². The molecule has 5 rings (SSSR count). The van der Waals surface area contributed by atoms with Crippen LogP contribution in [0, 0.1) is 25.7 Å². The van der Waals surface area contributed by atoms with Gasteiger partial charge in [-0.1, -0.05) is 94.1 Å². The number of fused-ring (bicyclic) bond motifs is 2. The Morgan fingerprint density at radius 2 is 1.72 bits per heavy atom. The third-order valence-electron chi connectivity index (χ3n) is 8.86. The molecule has 1 aliphatic rings. The molecule has 1 unspecified atom stereocenters. The van der Waals surface area contributed by atoms with Crippen molar-refractivity contribution in [1.82, 2.24) is 14.6 Å². The van der Waals surface area contributed by atoms with Crippen LogP contribution in [0.5, 0.6) is 17.2 Å². The first-order valence-corrected chi connectivity index (χ1v) is 21.2. The molecule has 1 atom stereocenters. The standard InChI is InChI=1S/C30H36N6O2.C6H10O.C5H12.C4H11N.C2H6/c1-5-6-7-11-35-17-20(2)18-37-28-14-21(3)25(16-26(28)35)30(31)34-23-8-9-27(22(4)13-23)38-24-10-12-36-29(15-24)32-19-33-36;1-3-4-5-6(2)7;1-4-5(2)3;1-2-3-4-5;1-2/h8-10,12-16,19-20H,5-7,11,17-18H2,1-4H3,(H2,31,34);4-5H,3H2,1-2H3;5H,4H2,1-3H3;2-5H2,1H3;1-2H3/b;5-4+;;;. The first-order valence-electron chi connectivity index (χ1n) is 21.2. The van der Waals surface area contributed by atoms with Gasteiger partial charge in [0.05, 0.1) is 18.0 Å². The van der Waals surface area contributed by atoms with Crippen LogP contribution in [0.25, 0.3) is 5.65 Å². The molecule has 0 spiro atoms. The zero-order chi connectivity index (χ0) is 42.8. The van der Waals surface area contributed by atoms with Gasteiger partial charge in [-0.25, -0.2) is 14.5 Å². The maximum atomic E-state index is 10.1. The monoisotopic (exact) mass is 786 g/mol. The minimum Gasteiger partial charge on any atom is -0.491 e. The van der Waals surface area contributed by atoms with Crippen molar-refractivity contribution in [2.75, 3.05) is 31.1 Å². The number of hydrogen-bond donors (Lipinski definition) is 2. The molecule has 1 aliphatic heterocycles. The highest BCUT2D eigenvalue weighted by Crippen LogP contribution is 2.36. The van der Waals surface area contributed by atoms with Gasteiger partial charge in [-0.15, -0.1) is 0 Å². The molecule has 3 heterocycles. The lowest BCUT2D eigenvalue weighted by Gasteiger charge is -2.26. The average molecular weight is 786 g/mol. The minimum atomic E-state index is 0.127. The van der Waals surface area contributed by atoms with Crippen LogP contribution in [-0.4, -0.2) is 52.5 Å². The smallest absolute Gasteiger partial charge is 0.158 e. The Bertz CT molecular complexity index is 1780. The van der Waals surface area contributed by atoms with Gasteiger partial charge in [0.25, 0.3) is 0 Å². The number of anilines is 1. The zero-order valence-corrected chi connectivity index (χ0v) is 37.4. The van der Waals surface area contributed by atoms with Crippen molar-refractivity contribution < 1.29 is 14.3 Å². The summed E-state index contributed by atoms with van der Waals surface area (Å²) >= 11 is 0. The number of aryl methyl sites for hydroxylation is 2. The fraction of sp³-hybridized carbons (Fsp3) is 0.532. The molecule has 2 aromatic carbocycles. The topological polar surface area (TPSA) is 133 Å². The summed E-state index contributed by atoms with van der Waals surface area (Å²) in [4.78, 5) is 21.6. The Morgan fingerprint density at radius 1 is 1.02 bits per heavy atom. The van der Waals surface area contributed by atoms with E-state index in [1.54, 1.807) is 17.5 Å². The molecule has 316 valence electrons. The van der Waals surface area contributed by atoms with E-state index >= 15 is 0 Å². The second kappa shape index (κ2) is 28.7. The van der Waals surface area contributed by atoms with Gasteiger partial charge in [0.1, 0.15) is 29.4 Å². The van der Waals surface area contributed by atoms with Crippen LogP contribution in [0.1, 0.15) is 131 Å². The average Bonchev–Trinajstić information content (AvgIpc) is 3.61. The number of allylic oxidation sites excluding steroid dienone is 2. The fourth-order valence-corrected chi connectivity index (χ4v) is 5.32. The number of unbranched alkanes of at least 4 members (excludes halogenated alkanes) is 3. The van der Waals surface area contributed by atoms with E-state index in [-0.39, 0.29) is 5.78 Å². The number of carbonyl (C=O) groups excluding carboxylic acids is 1. The number of carbonyl (C=O) groups is 1. The molecular formula is C47H75N7O3. The number of pyridine rings is 1. The van der Waals surface area contributed by atoms with Crippen LogP contribution in [0.3, 0.4) is 0 Å². The summed E-state index contributed by atoms with van der Waals surface area (Å²) < 4.78 is 14.0. The summed E-state index contributed by atoms with van der Waals surface area (Å²) in [6.07, 6.45) is 15.0. The highest BCUT2D eigenvalue weighted by molar-refractivity contribution is 6.01. The van der Waals surface area contributed by atoms with Crippen LogP contribution >= 0.6 is 0 Å². The first-order chi connectivity index (χ1) is 27.4. The molecule has 0 radical (unpaired) electrons. The highest BCUT2D eigenvalue weighted by atomic mass is 16.5. The van der Waals surface area contributed by atoms with Crippen molar-refractivity contribution in [2.45, 2.75) is 128 Å². The maximum absolute atomic E-state index is 10.1. The Kier molecular flexibility index (Phi) is 25.3. The number of benzene rings is 2. The molecule has 57 heavy (non-hydrogen) atoms. The first kappa shape index (κ1) is 50.3. The van der Waals surface area contributed by atoms with Crippen molar-refractivity contribution in [3.63, 3.8) is 0 Å². The minimum absolute atomic E-state index is 0.127. The summed E-state index contributed by atoms with van der Waals surface area (Å²) in [5.41, 5.74) is 17.3. The molecule has 10 nitrogen and oxygen atoms in total. The van der Waals surface area contributed by atoms with Gasteiger partial charge in [0, 0.05) is 36.8 Å². The number of nitrogens with zero attached hydrogens (tertiary/aromatic N) is 5. The predicted molar refractivity (Wildman–Crippen MR) is 243 cm³/mol. The van der Waals surface area contributed by atoms with Crippen LogP contribution in [0.4, 0.5) is 11.4 Å². The van der Waals surface area contributed by atoms with Crippen molar-refractivity contribution >= 4 is 28.6 Å². The summed E-state index contributed by atoms with van der Waals surface area (Å²) in [5, 5.41) is 4.12. The third-order valence-corrected chi connectivity index (χ3v) is 8.86. The summed E-state index contributed by atoms with van der Waals surface area (Å²) in [5.74, 6) is 4.34. The zero-order valence-electron chi connectivity index (χ0n) is 37.4. The quantitative estimate of drug-likeness (QED) is 0.0592. The Labute approximate surface area is 345 Å². The van der Waals surface area contributed by atoms with E-state index in [4.69, 9.17) is 25.9 Å². The van der Waals surface area contributed by atoms with E-state index in [9.17, 15) is 4.79 Å². The summed E-state index contributed by atoms with van der Waals surface area (Å²) in [6, 6.07) is 13.8. The van der Waals surface area contributed by atoms with E-state index < -0.39 is 0 Å². The van der Waals surface area contributed by atoms with Gasteiger partial charge in [-0.3, -0.25) is 4.79 Å². The normalized spacial score (nSPS) is 13.4. The van der Waals surface area contributed by atoms with Gasteiger partial charge in [-0.05, 0) is 106 Å². The molecule has 0 saturated heterocycles. The van der Waals surface area contributed by atoms with Crippen molar-refractivity contribution in [2.24, 2.45) is 28.3 Å².